The lowest BCUT2D eigenvalue weighted by molar-refractivity contribution is -0.762. The number of benzene rings is 1. The number of hydrogen-bond acceptors (Lipinski definition) is 8. The van der Waals surface area contributed by atoms with Gasteiger partial charge in [0.15, 0.2) is 5.69 Å². The molecule has 0 amide bonds. The van der Waals surface area contributed by atoms with E-state index in [-0.39, 0.29) is 16.6 Å². The Morgan fingerprint density at radius 1 is 1.35 bits per heavy atom. The normalized spacial score (nSPS) is 9.53. The van der Waals surface area contributed by atoms with E-state index in [0.717, 1.165) is 12.1 Å². The van der Waals surface area contributed by atoms with Gasteiger partial charge in [-0.05, 0) is 6.07 Å². The summed E-state index contributed by atoms with van der Waals surface area (Å²) in [7, 11) is 1.33. The molecule has 0 saturated carbocycles. The van der Waals surface area contributed by atoms with Gasteiger partial charge in [0.05, 0.1) is 12.0 Å². The Morgan fingerprint density at radius 3 is 2.47 bits per heavy atom. The second-order valence-electron chi connectivity index (χ2n) is 2.74. The molecule has 0 aliphatic carbocycles. The maximum Gasteiger partial charge on any atom is 0.318 e. The smallest absolute Gasteiger partial charge is 0.318 e. The van der Waals surface area contributed by atoms with Crippen LogP contribution in [0, 0.1) is 20.2 Å². The van der Waals surface area contributed by atoms with Gasteiger partial charge in [0.2, 0.25) is 0 Å². The Balaban J connectivity index is 3.16. The van der Waals surface area contributed by atoms with E-state index in [1.807, 2.05) is 0 Å². The van der Waals surface area contributed by atoms with Crippen LogP contribution in [-0.4, -0.2) is 17.1 Å². The van der Waals surface area contributed by atoms with Gasteiger partial charge in [-0.1, -0.05) is 0 Å². The van der Waals surface area contributed by atoms with Crippen molar-refractivity contribution in [1.29, 1.82) is 0 Å². The number of nitro groups is 1. The number of rotatable bonds is 5. The molecule has 10 nitrogen and oxygen atoms in total. The maximum absolute atomic E-state index is 10.7. The molecule has 1 aromatic rings. The largest absolute Gasteiger partial charge is 0.497 e. The number of ether oxygens (including phenoxy) is 1. The first-order chi connectivity index (χ1) is 7.95. The molecule has 17 heavy (non-hydrogen) atoms. The lowest BCUT2D eigenvalue weighted by Gasteiger charge is -2.14. The van der Waals surface area contributed by atoms with Crippen molar-refractivity contribution in [3.05, 3.63) is 38.4 Å². The van der Waals surface area contributed by atoms with Crippen LogP contribution in [0.4, 0.5) is 11.4 Å². The summed E-state index contributed by atoms with van der Waals surface area (Å²) < 4.78 is 4.81. The molecule has 0 spiro atoms. The highest BCUT2D eigenvalue weighted by Gasteiger charge is 2.21. The fourth-order valence-electron chi connectivity index (χ4n) is 1.08. The second-order valence-corrected chi connectivity index (χ2v) is 2.74. The molecule has 2 N–H and O–H groups in total. The first-order valence-electron chi connectivity index (χ1n) is 4.15. The molecule has 0 aromatic heterocycles. The molecule has 0 unspecified atom stereocenters. The lowest BCUT2D eigenvalue weighted by atomic mass is 10.2. The minimum Gasteiger partial charge on any atom is -0.497 e. The summed E-state index contributed by atoms with van der Waals surface area (Å²) in [6.45, 7) is 0. The van der Waals surface area contributed by atoms with Gasteiger partial charge in [-0.2, -0.15) is 4.94 Å². The number of methoxy groups -OCH3 is 1. The first-order valence-corrected chi connectivity index (χ1v) is 4.15. The molecule has 0 atom stereocenters. The zero-order valence-electron chi connectivity index (χ0n) is 8.60. The predicted molar refractivity (Wildman–Crippen MR) is 54.4 cm³/mol. The second kappa shape index (κ2) is 4.94. The van der Waals surface area contributed by atoms with Crippen molar-refractivity contribution in [1.82, 2.24) is 0 Å². The summed E-state index contributed by atoms with van der Waals surface area (Å²) in [5, 5.41) is 19.7. The van der Waals surface area contributed by atoms with Crippen molar-refractivity contribution < 1.29 is 19.7 Å². The summed E-state index contributed by atoms with van der Waals surface area (Å²) in [5.74, 6) is 5.41. The van der Waals surface area contributed by atoms with Crippen LogP contribution >= 0.6 is 0 Å². The van der Waals surface area contributed by atoms with Crippen molar-refractivity contribution >= 4 is 11.4 Å². The van der Waals surface area contributed by atoms with Gasteiger partial charge in [-0.3, -0.25) is 10.1 Å². The Labute approximate surface area is 94.3 Å². The third-order valence-electron chi connectivity index (χ3n) is 1.77. The average molecular weight is 244 g/mol. The zero-order chi connectivity index (χ0) is 13.0. The SMILES string of the molecule is COc1ccc([N+](=O)[O-])c(N(N)O[N+](=O)[O-])c1. The number of nitrogens with zero attached hydrogens (tertiary/aromatic N) is 3. The van der Waals surface area contributed by atoms with Crippen LogP contribution in [0.5, 0.6) is 5.75 Å². The minimum absolute atomic E-state index is 0.181. The summed E-state index contributed by atoms with van der Waals surface area (Å²) >= 11 is 0. The van der Waals surface area contributed by atoms with E-state index in [9.17, 15) is 20.2 Å². The first kappa shape index (κ1) is 12.4. The number of nitrogens with two attached hydrogens (primary N) is 1. The standard InChI is InChI=1S/C7H8N4O6/c1-16-5-2-3-6(10(12)13)7(4-5)9(8)17-11(14)15/h2-4H,8H2,1H3. The molecule has 1 aromatic carbocycles. The Hall–Kier alpha value is -2.62. The Kier molecular flexibility index (Phi) is 3.62. The third kappa shape index (κ3) is 2.92. The molecule has 92 valence electrons. The van der Waals surface area contributed by atoms with Gasteiger partial charge in [0, 0.05) is 12.1 Å². The third-order valence-corrected chi connectivity index (χ3v) is 1.77. The number of hydrazine groups is 1. The lowest BCUT2D eigenvalue weighted by Crippen LogP contribution is -2.33. The van der Waals surface area contributed by atoms with Crippen LogP contribution in [0.25, 0.3) is 0 Å². The number of anilines is 1. The molecule has 10 heteroatoms. The maximum atomic E-state index is 10.7. The predicted octanol–water partition coefficient (Wildman–Crippen LogP) is 0.407. The minimum atomic E-state index is -1.19. The molecule has 0 bridgehead atoms. The molecule has 0 aliphatic heterocycles. The Bertz CT molecular complexity index is 450. The molecule has 0 fully saturated rings. The van der Waals surface area contributed by atoms with Crippen LogP contribution in [-0.2, 0) is 4.94 Å². The van der Waals surface area contributed by atoms with Gasteiger partial charge in [0.1, 0.15) is 5.75 Å². The van der Waals surface area contributed by atoms with Gasteiger partial charge in [-0.25, -0.2) is 5.84 Å². The summed E-state index contributed by atoms with van der Waals surface area (Å²) in [5.41, 5.74) is -0.749. The molecular formula is C7H8N4O6. The molecule has 0 heterocycles. The van der Waals surface area contributed by atoms with Crippen molar-refractivity contribution in [2.45, 2.75) is 0 Å². The van der Waals surface area contributed by atoms with E-state index in [1.165, 1.54) is 13.2 Å². The van der Waals surface area contributed by atoms with E-state index < -0.39 is 15.7 Å². The molecular weight excluding hydrogens is 236 g/mol. The van der Waals surface area contributed by atoms with E-state index in [0.29, 0.717) is 0 Å². The van der Waals surface area contributed by atoms with E-state index in [4.69, 9.17) is 10.6 Å². The number of hydrogen-bond donors (Lipinski definition) is 1. The molecule has 0 saturated heterocycles. The quantitative estimate of drug-likeness (QED) is 0.447. The summed E-state index contributed by atoms with van der Waals surface area (Å²) in [6.07, 6.45) is 0. The van der Waals surface area contributed by atoms with Crippen molar-refractivity contribution in [2.24, 2.45) is 5.84 Å². The van der Waals surface area contributed by atoms with Crippen LogP contribution in [0.2, 0.25) is 0 Å². The molecule has 0 aliphatic rings. The molecule has 1 rings (SSSR count). The van der Waals surface area contributed by atoms with Crippen LogP contribution < -0.4 is 15.8 Å². The van der Waals surface area contributed by atoms with Gasteiger partial charge >= 0.3 is 5.09 Å². The van der Waals surface area contributed by atoms with Crippen LogP contribution in [0.15, 0.2) is 18.2 Å². The van der Waals surface area contributed by atoms with E-state index in [1.54, 1.807) is 0 Å². The molecule has 0 radical (unpaired) electrons. The fourth-order valence-corrected chi connectivity index (χ4v) is 1.08. The highest BCUT2D eigenvalue weighted by molar-refractivity contribution is 5.63. The van der Waals surface area contributed by atoms with Gasteiger partial charge in [-0.15, -0.1) is 15.3 Å². The highest BCUT2D eigenvalue weighted by atomic mass is 17.0. The van der Waals surface area contributed by atoms with Crippen molar-refractivity contribution in [2.75, 3.05) is 12.3 Å². The summed E-state index contributed by atoms with van der Waals surface area (Å²) in [6, 6.07) is 3.56. The van der Waals surface area contributed by atoms with E-state index in [2.05, 4.69) is 4.94 Å². The highest BCUT2D eigenvalue weighted by Crippen LogP contribution is 2.30. The van der Waals surface area contributed by atoms with Crippen LogP contribution in [0.1, 0.15) is 0 Å². The monoisotopic (exact) mass is 244 g/mol. The van der Waals surface area contributed by atoms with E-state index >= 15 is 0 Å². The van der Waals surface area contributed by atoms with Gasteiger partial charge in [0.25, 0.3) is 5.69 Å². The zero-order valence-corrected chi connectivity index (χ0v) is 8.60. The van der Waals surface area contributed by atoms with Crippen molar-refractivity contribution in [3.63, 3.8) is 0 Å². The summed E-state index contributed by atoms with van der Waals surface area (Å²) in [4.78, 5) is 23.9. The number of nitro benzene ring substituents is 1. The van der Waals surface area contributed by atoms with Crippen molar-refractivity contribution in [3.8, 4) is 5.75 Å². The fraction of sp³-hybridized carbons (Fsp3) is 0.143. The Morgan fingerprint density at radius 2 is 2.00 bits per heavy atom. The van der Waals surface area contributed by atoms with Crippen LogP contribution in [0.3, 0.4) is 0 Å². The topological polar surface area (TPSA) is 134 Å². The average Bonchev–Trinajstić information content (AvgIpc) is 2.27. The van der Waals surface area contributed by atoms with Gasteiger partial charge < -0.3 is 4.74 Å².